The van der Waals surface area contributed by atoms with Gasteiger partial charge in [0.05, 0.1) is 39.0 Å². The van der Waals surface area contributed by atoms with Crippen LogP contribution in [0.2, 0.25) is 0 Å². The van der Waals surface area contributed by atoms with Crippen LogP contribution < -0.4 is 23.8 Å². The number of carbonyl (C=O) groups is 2. The van der Waals surface area contributed by atoms with Crippen LogP contribution in [0.3, 0.4) is 0 Å². The predicted octanol–water partition coefficient (Wildman–Crippen LogP) is 5.76. The minimum atomic E-state index is -0.932. The minimum absolute atomic E-state index is 0.0371. The lowest BCUT2D eigenvalue weighted by Gasteiger charge is -2.26. The third-order valence-electron chi connectivity index (χ3n) is 6.29. The van der Waals surface area contributed by atoms with Gasteiger partial charge in [-0.2, -0.15) is 0 Å². The first kappa shape index (κ1) is 27.6. The van der Waals surface area contributed by atoms with Gasteiger partial charge < -0.3 is 24.1 Å². The highest BCUT2D eigenvalue weighted by molar-refractivity contribution is 6.51. The zero-order valence-corrected chi connectivity index (χ0v) is 22.8. The van der Waals surface area contributed by atoms with Crippen LogP contribution in [-0.2, 0) is 9.59 Å². The number of aliphatic hydroxyl groups excluding tert-OH is 1. The van der Waals surface area contributed by atoms with Gasteiger partial charge in [0.2, 0.25) is 0 Å². The van der Waals surface area contributed by atoms with Gasteiger partial charge in [-0.1, -0.05) is 26.0 Å². The number of rotatable bonds is 10. The summed E-state index contributed by atoms with van der Waals surface area (Å²) in [6, 6.07) is 17.9. The second-order valence-electron chi connectivity index (χ2n) is 9.44. The van der Waals surface area contributed by atoms with Gasteiger partial charge in [-0.15, -0.1) is 0 Å². The molecule has 0 saturated carbocycles. The van der Waals surface area contributed by atoms with Crippen molar-refractivity contribution in [3.05, 3.63) is 83.4 Å². The maximum Gasteiger partial charge on any atom is 0.300 e. The topological polar surface area (TPSA) is 94.5 Å². The molecule has 8 nitrogen and oxygen atoms in total. The molecule has 1 N–H and O–H groups in total. The highest BCUT2D eigenvalue weighted by Gasteiger charge is 2.47. The molecule has 0 spiro atoms. The van der Waals surface area contributed by atoms with E-state index in [0.717, 1.165) is 0 Å². The molecule has 1 aliphatic heterocycles. The number of anilines is 1. The quantitative estimate of drug-likeness (QED) is 0.202. The van der Waals surface area contributed by atoms with Gasteiger partial charge in [-0.25, -0.2) is 0 Å². The first-order valence-corrected chi connectivity index (χ1v) is 12.8. The molecule has 3 aromatic carbocycles. The Morgan fingerprint density at radius 2 is 1.62 bits per heavy atom. The molecule has 1 amide bonds. The number of nitrogens with zero attached hydrogens (tertiary/aromatic N) is 1. The van der Waals surface area contributed by atoms with E-state index in [-0.39, 0.29) is 11.3 Å². The largest absolute Gasteiger partial charge is 0.507 e. The summed E-state index contributed by atoms with van der Waals surface area (Å²) in [5.74, 6) is 0.633. The number of benzene rings is 3. The lowest BCUT2D eigenvalue weighted by atomic mass is 9.94. The van der Waals surface area contributed by atoms with E-state index in [9.17, 15) is 14.7 Å². The number of Topliss-reactive ketones (excluding diaryl/α,β-unsaturated/α-hetero) is 1. The Bertz CT molecular complexity index is 1380. The van der Waals surface area contributed by atoms with Crippen LogP contribution in [0.1, 0.15) is 37.9 Å². The molecule has 1 atom stereocenters. The molecule has 0 aromatic heterocycles. The average molecular weight is 532 g/mol. The van der Waals surface area contributed by atoms with Crippen molar-refractivity contribution in [2.24, 2.45) is 5.92 Å². The summed E-state index contributed by atoms with van der Waals surface area (Å²) in [5.41, 5.74) is 1.37. The Morgan fingerprint density at radius 3 is 2.26 bits per heavy atom. The molecule has 0 radical (unpaired) electrons. The van der Waals surface area contributed by atoms with Crippen LogP contribution in [0.25, 0.3) is 5.76 Å². The van der Waals surface area contributed by atoms with Crippen LogP contribution in [0, 0.1) is 5.92 Å². The summed E-state index contributed by atoms with van der Waals surface area (Å²) in [5, 5.41) is 11.4. The summed E-state index contributed by atoms with van der Waals surface area (Å²) in [6.07, 6.45) is 0. The van der Waals surface area contributed by atoms with Crippen molar-refractivity contribution in [3.63, 3.8) is 0 Å². The average Bonchev–Trinajstić information content (AvgIpc) is 3.21. The smallest absolute Gasteiger partial charge is 0.300 e. The van der Waals surface area contributed by atoms with Crippen LogP contribution in [0.5, 0.6) is 23.0 Å². The summed E-state index contributed by atoms with van der Waals surface area (Å²) in [4.78, 5) is 28.4. The van der Waals surface area contributed by atoms with Gasteiger partial charge in [-0.3, -0.25) is 14.5 Å². The standard InChI is InChI=1S/C31H33NO7/c1-6-38-24-9-7-8-22(17-24)32-28(21-12-15-25(36-4)26(16-21)37-5)27(30(34)31(32)35)29(33)20-10-13-23(14-11-20)39-18-19(2)3/h7-17,19,28,33H,6,18H2,1-5H3/b29-27-. The number of aliphatic hydroxyl groups is 1. The van der Waals surface area contributed by atoms with E-state index in [2.05, 4.69) is 13.8 Å². The fraction of sp³-hybridized carbons (Fsp3) is 0.290. The molecule has 1 heterocycles. The van der Waals surface area contributed by atoms with Crippen LogP contribution in [-0.4, -0.2) is 44.2 Å². The fourth-order valence-electron chi connectivity index (χ4n) is 4.45. The van der Waals surface area contributed by atoms with Crippen LogP contribution in [0.4, 0.5) is 5.69 Å². The molecule has 4 rings (SSSR count). The van der Waals surface area contributed by atoms with E-state index in [0.29, 0.717) is 58.9 Å². The number of ketones is 1. The van der Waals surface area contributed by atoms with Crippen molar-refractivity contribution in [2.45, 2.75) is 26.8 Å². The number of carbonyl (C=O) groups excluding carboxylic acids is 2. The maximum atomic E-state index is 13.5. The van der Waals surface area contributed by atoms with Crippen LogP contribution >= 0.6 is 0 Å². The van der Waals surface area contributed by atoms with Crippen molar-refractivity contribution < 1.29 is 33.6 Å². The highest BCUT2D eigenvalue weighted by atomic mass is 16.5. The number of hydrogen-bond acceptors (Lipinski definition) is 7. The zero-order chi connectivity index (χ0) is 28.1. The Kier molecular flexibility index (Phi) is 8.44. The normalized spacial score (nSPS) is 16.5. The SMILES string of the molecule is CCOc1cccc(N2C(=O)C(=O)/C(=C(\O)c3ccc(OCC(C)C)cc3)C2c2ccc(OC)c(OC)c2)c1. The third kappa shape index (κ3) is 5.70. The third-order valence-corrected chi connectivity index (χ3v) is 6.29. The lowest BCUT2D eigenvalue weighted by Crippen LogP contribution is -2.29. The van der Waals surface area contributed by atoms with Crippen molar-refractivity contribution in [3.8, 4) is 23.0 Å². The number of methoxy groups -OCH3 is 2. The van der Waals surface area contributed by atoms with Gasteiger partial charge in [0.1, 0.15) is 17.3 Å². The molecular formula is C31H33NO7. The van der Waals surface area contributed by atoms with E-state index in [1.165, 1.54) is 19.1 Å². The summed E-state index contributed by atoms with van der Waals surface area (Å²) in [6.45, 7) is 6.96. The number of amides is 1. The van der Waals surface area contributed by atoms with E-state index in [1.807, 2.05) is 6.92 Å². The molecule has 1 aliphatic rings. The molecule has 0 bridgehead atoms. The van der Waals surface area contributed by atoms with E-state index in [1.54, 1.807) is 66.7 Å². The first-order chi connectivity index (χ1) is 18.8. The van der Waals surface area contributed by atoms with Gasteiger partial charge in [0.25, 0.3) is 11.7 Å². The molecular weight excluding hydrogens is 498 g/mol. The van der Waals surface area contributed by atoms with Crippen molar-refractivity contribution >= 4 is 23.1 Å². The minimum Gasteiger partial charge on any atom is -0.507 e. The Labute approximate surface area is 228 Å². The molecule has 1 saturated heterocycles. The second-order valence-corrected chi connectivity index (χ2v) is 9.44. The Hall–Kier alpha value is -4.46. The van der Waals surface area contributed by atoms with Gasteiger partial charge >= 0.3 is 0 Å². The molecule has 39 heavy (non-hydrogen) atoms. The molecule has 1 unspecified atom stereocenters. The molecule has 8 heteroatoms. The van der Waals surface area contributed by atoms with Crippen LogP contribution in [0.15, 0.2) is 72.3 Å². The molecule has 1 fully saturated rings. The molecule has 0 aliphatic carbocycles. The first-order valence-electron chi connectivity index (χ1n) is 12.8. The Balaban J connectivity index is 1.86. The summed E-state index contributed by atoms with van der Waals surface area (Å²) < 4.78 is 22.2. The van der Waals surface area contributed by atoms with Gasteiger partial charge in [-0.05, 0) is 66.9 Å². The van der Waals surface area contributed by atoms with Crippen molar-refractivity contribution in [1.82, 2.24) is 0 Å². The van der Waals surface area contributed by atoms with Gasteiger partial charge in [0, 0.05) is 17.3 Å². The molecule has 204 valence electrons. The van der Waals surface area contributed by atoms with E-state index < -0.39 is 17.7 Å². The zero-order valence-electron chi connectivity index (χ0n) is 22.8. The maximum absolute atomic E-state index is 13.5. The predicted molar refractivity (Wildman–Crippen MR) is 149 cm³/mol. The monoisotopic (exact) mass is 531 g/mol. The number of ether oxygens (including phenoxy) is 4. The van der Waals surface area contributed by atoms with Gasteiger partial charge in [0.15, 0.2) is 11.5 Å². The fourth-order valence-corrected chi connectivity index (χ4v) is 4.45. The highest BCUT2D eigenvalue weighted by Crippen LogP contribution is 2.44. The lowest BCUT2D eigenvalue weighted by molar-refractivity contribution is -0.132. The van der Waals surface area contributed by atoms with E-state index >= 15 is 0 Å². The van der Waals surface area contributed by atoms with Crippen molar-refractivity contribution in [1.29, 1.82) is 0 Å². The summed E-state index contributed by atoms with van der Waals surface area (Å²) in [7, 11) is 3.03. The Morgan fingerprint density at radius 1 is 0.897 bits per heavy atom. The van der Waals surface area contributed by atoms with E-state index in [4.69, 9.17) is 18.9 Å². The second kappa shape index (κ2) is 11.9. The van der Waals surface area contributed by atoms with Crippen molar-refractivity contribution in [2.75, 3.05) is 32.3 Å². The summed E-state index contributed by atoms with van der Waals surface area (Å²) >= 11 is 0. The number of hydrogen-bond donors (Lipinski definition) is 1. The molecule has 3 aromatic rings.